The van der Waals surface area contributed by atoms with E-state index in [0.717, 1.165) is 0 Å². The Kier molecular flexibility index (Phi) is 6.23. The molecule has 3 aromatic carbocycles. The maximum absolute atomic E-state index is 13.4. The number of halogens is 3. The number of aromatic nitrogens is 2. The van der Waals surface area contributed by atoms with Crippen molar-refractivity contribution in [3.05, 3.63) is 92.9 Å². The minimum atomic E-state index is -1.06. The fourth-order valence-electron chi connectivity index (χ4n) is 3.23. The third-order valence-corrected chi connectivity index (χ3v) is 5.30. The van der Waals surface area contributed by atoms with Crippen LogP contribution in [-0.4, -0.2) is 27.6 Å². The third-order valence-electron chi connectivity index (χ3n) is 4.71. The lowest BCUT2D eigenvalue weighted by Gasteiger charge is -2.16. The lowest BCUT2D eigenvalue weighted by Crippen LogP contribution is -2.32. The average Bonchev–Trinajstić information content (AvgIpc) is 2.76. The highest BCUT2D eigenvalue weighted by molar-refractivity contribution is 6.37. The summed E-state index contributed by atoms with van der Waals surface area (Å²) in [6.45, 7) is -0.254. The summed E-state index contributed by atoms with van der Waals surface area (Å²) in [4.78, 5) is 12.9. The molecule has 0 aliphatic heterocycles. The Morgan fingerprint density at radius 1 is 0.968 bits per heavy atom. The van der Waals surface area contributed by atoms with Crippen molar-refractivity contribution in [1.29, 1.82) is 0 Å². The van der Waals surface area contributed by atoms with Gasteiger partial charge in [-0.3, -0.25) is 4.79 Å². The van der Waals surface area contributed by atoms with Gasteiger partial charge in [0.2, 0.25) is 0 Å². The molecule has 8 heteroatoms. The standard InChI is InChI=1S/C23H17Cl2FN2O3/c24-19-6-3-7-20(25)22(19)31-13-16(29)12-28-23(30)18-5-2-1-4-17(18)21(27-28)14-8-10-15(26)11-9-14/h1-11,16,29H,12-13H2. The summed E-state index contributed by atoms with van der Waals surface area (Å²) >= 11 is 12.2. The largest absolute Gasteiger partial charge is 0.488 e. The number of benzene rings is 3. The summed E-state index contributed by atoms with van der Waals surface area (Å²) in [5.74, 6) is -0.108. The summed E-state index contributed by atoms with van der Waals surface area (Å²) < 4.78 is 20.1. The van der Waals surface area contributed by atoms with Crippen LogP contribution in [0.3, 0.4) is 0 Å². The first-order valence-corrected chi connectivity index (χ1v) is 10.2. The molecule has 5 nitrogen and oxygen atoms in total. The molecule has 4 aromatic rings. The van der Waals surface area contributed by atoms with Gasteiger partial charge in [-0.15, -0.1) is 0 Å². The van der Waals surface area contributed by atoms with E-state index in [2.05, 4.69) is 5.10 Å². The van der Waals surface area contributed by atoms with Crippen molar-refractivity contribution in [3.8, 4) is 17.0 Å². The summed E-state index contributed by atoms with van der Waals surface area (Å²) in [7, 11) is 0. The zero-order chi connectivity index (χ0) is 22.0. The molecule has 0 spiro atoms. The first kappa shape index (κ1) is 21.3. The highest BCUT2D eigenvalue weighted by Crippen LogP contribution is 2.32. The molecule has 0 aliphatic carbocycles. The van der Waals surface area contributed by atoms with Crippen molar-refractivity contribution in [1.82, 2.24) is 9.78 Å². The Labute approximate surface area is 187 Å². The Morgan fingerprint density at radius 3 is 2.29 bits per heavy atom. The van der Waals surface area contributed by atoms with E-state index in [-0.39, 0.29) is 30.3 Å². The molecule has 0 radical (unpaired) electrons. The van der Waals surface area contributed by atoms with Gasteiger partial charge in [0.05, 0.1) is 27.7 Å². The lowest BCUT2D eigenvalue weighted by atomic mass is 10.1. The number of ether oxygens (including phenoxy) is 1. The van der Waals surface area contributed by atoms with Crippen LogP contribution >= 0.6 is 23.2 Å². The van der Waals surface area contributed by atoms with E-state index in [1.165, 1.54) is 16.8 Å². The molecule has 0 aliphatic rings. The summed E-state index contributed by atoms with van der Waals surface area (Å²) in [6, 6.07) is 17.8. The molecule has 0 fully saturated rings. The Hall–Kier alpha value is -2.93. The lowest BCUT2D eigenvalue weighted by molar-refractivity contribution is 0.0883. The van der Waals surface area contributed by atoms with Crippen molar-refractivity contribution in [2.24, 2.45) is 0 Å². The number of rotatable bonds is 6. The van der Waals surface area contributed by atoms with E-state index < -0.39 is 6.10 Å². The smallest absolute Gasteiger partial charge is 0.274 e. The minimum absolute atomic E-state index is 0.111. The molecule has 1 atom stereocenters. The van der Waals surface area contributed by atoms with Crippen molar-refractivity contribution < 1.29 is 14.2 Å². The van der Waals surface area contributed by atoms with Gasteiger partial charge in [-0.25, -0.2) is 9.07 Å². The molecule has 1 aromatic heterocycles. The quantitative estimate of drug-likeness (QED) is 0.443. The molecular weight excluding hydrogens is 442 g/mol. The van der Waals surface area contributed by atoms with Crippen molar-refractivity contribution in [2.45, 2.75) is 12.6 Å². The predicted molar refractivity (Wildman–Crippen MR) is 119 cm³/mol. The molecule has 0 saturated carbocycles. The second-order valence-corrected chi connectivity index (χ2v) is 7.72. The highest BCUT2D eigenvalue weighted by atomic mass is 35.5. The SMILES string of the molecule is O=c1c2ccccc2c(-c2ccc(F)cc2)nn1CC(O)COc1c(Cl)cccc1Cl. The molecule has 0 amide bonds. The van der Waals surface area contributed by atoms with Crippen molar-refractivity contribution >= 4 is 34.0 Å². The molecule has 31 heavy (non-hydrogen) atoms. The fourth-order valence-corrected chi connectivity index (χ4v) is 3.74. The zero-order valence-corrected chi connectivity index (χ0v) is 17.6. The summed E-state index contributed by atoms with van der Waals surface area (Å²) in [5, 5.41) is 16.6. The number of aliphatic hydroxyl groups is 1. The molecule has 1 unspecified atom stereocenters. The third kappa shape index (κ3) is 4.56. The molecule has 1 heterocycles. The van der Waals surface area contributed by atoms with E-state index in [4.69, 9.17) is 27.9 Å². The second-order valence-electron chi connectivity index (χ2n) is 6.90. The number of hydrogen-bond donors (Lipinski definition) is 1. The average molecular weight is 459 g/mol. The van der Waals surface area contributed by atoms with E-state index in [0.29, 0.717) is 32.1 Å². The number of aliphatic hydroxyl groups excluding tert-OH is 1. The van der Waals surface area contributed by atoms with Crippen LogP contribution in [0.25, 0.3) is 22.0 Å². The molecule has 0 bridgehead atoms. The Morgan fingerprint density at radius 2 is 1.61 bits per heavy atom. The highest BCUT2D eigenvalue weighted by Gasteiger charge is 2.16. The molecule has 158 valence electrons. The van der Waals surface area contributed by atoms with Gasteiger partial charge in [0.15, 0.2) is 5.75 Å². The van der Waals surface area contributed by atoms with Crippen LogP contribution in [0, 0.1) is 5.82 Å². The minimum Gasteiger partial charge on any atom is -0.488 e. The van der Waals surface area contributed by atoms with Crippen LogP contribution in [0.15, 0.2) is 71.5 Å². The predicted octanol–water partition coefficient (Wildman–Crippen LogP) is 4.95. The number of para-hydroxylation sites is 1. The van der Waals surface area contributed by atoms with Gasteiger partial charge >= 0.3 is 0 Å². The normalized spacial score (nSPS) is 12.1. The van der Waals surface area contributed by atoms with E-state index in [9.17, 15) is 14.3 Å². The summed E-state index contributed by atoms with van der Waals surface area (Å²) in [5.41, 5.74) is 0.814. The maximum Gasteiger partial charge on any atom is 0.274 e. The van der Waals surface area contributed by atoms with Crippen LogP contribution in [0.5, 0.6) is 5.75 Å². The Balaban J connectivity index is 1.65. The van der Waals surface area contributed by atoms with Gasteiger partial charge in [0.25, 0.3) is 5.56 Å². The van der Waals surface area contributed by atoms with Gasteiger partial charge in [-0.1, -0.05) is 47.5 Å². The molecule has 1 N–H and O–H groups in total. The van der Waals surface area contributed by atoms with Crippen LogP contribution in [0.2, 0.25) is 10.0 Å². The van der Waals surface area contributed by atoms with E-state index in [1.54, 1.807) is 54.6 Å². The number of fused-ring (bicyclic) bond motifs is 1. The monoisotopic (exact) mass is 458 g/mol. The second kappa shape index (κ2) is 9.06. The van der Waals surface area contributed by atoms with Gasteiger partial charge in [-0.05, 0) is 42.5 Å². The van der Waals surface area contributed by atoms with Gasteiger partial charge < -0.3 is 9.84 Å². The first-order chi connectivity index (χ1) is 14.9. The molecule has 4 rings (SSSR count). The van der Waals surface area contributed by atoms with Crippen LogP contribution in [0.1, 0.15) is 0 Å². The Bertz CT molecular complexity index is 1270. The van der Waals surface area contributed by atoms with E-state index in [1.807, 2.05) is 0 Å². The van der Waals surface area contributed by atoms with E-state index >= 15 is 0 Å². The van der Waals surface area contributed by atoms with Crippen LogP contribution in [0.4, 0.5) is 4.39 Å². The van der Waals surface area contributed by atoms with Gasteiger partial charge in [-0.2, -0.15) is 5.10 Å². The van der Waals surface area contributed by atoms with Crippen molar-refractivity contribution in [2.75, 3.05) is 6.61 Å². The maximum atomic E-state index is 13.4. The zero-order valence-electron chi connectivity index (χ0n) is 16.1. The number of hydrogen-bond acceptors (Lipinski definition) is 4. The first-order valence-electron chi connectivity index (χ1n) is 9.44. The van der Waals surface area contributed by atoms with Crippen LogP contribution < -0.4 is 10.3 Å². The van der Waals surface area contributed by atoms with Gasteiger partial charge in [0, 0.05) is 10.9 Å². The molecular formula is C23H17Cl2FN2O3. The summed E-state index contributed by atoms with van der Waals surface area (Å²) in [6.07, 6.45) is -1.06. The van der Waals surface area contributed by atoms with Gasteiger partial charge in [0.1, 0.15) is 18.5 Å². The number of nitrogens with zero attached hydrogens (tertiary/aromatic N) is 2. The molecule has 0 saturated heterocycles. The fraction of sp³-hybridized carbons (Fsp3) is 0.130. The van der Waals surface area contributed by atoms with Crippen LogP contribution in [-0.2, 0) is 6.54 Å². The topological polar surface area (TPSA) is 64.4 Å². The van der Waals surface area contributed by atoms with Crippen molar-refractivity contribution in [3.63, 3.8) is 0 Å².